The summed E-state index contributed by atoms with van der Waals surface area (Å²) in [5.41, 5.74) is 3.37. The Balaban J connectivity index is 2.57. The molecule has 1 atom stereocenters. The maximum absolute atomic E-state index is 13.6. The van der Waals surface area contributed by atoms with Crippen molar-refractivity contribution in [2.75, 3.05) is 12.3 Å². The van der Waals surface area contributed by atoms with E-state index < -0.39 is 28.9 Å². The smallest absolute Gasteiger partial charge is 0.420 e. The molecule has 0 saturated heterocycles. The van der Waals surface area contributed by atoms with Gasteiger partial charge >= 0.3 is 12.1 Å². The number of carboxylic acids is 1. The van der Waals surface area contributed by atoms with Crippen molar-refractivity contribution in [3.8, 4) is 5.75 Å². The summed E-state index contributed by atoms with van der Waals surface area (Å²) in [4.78, 5) is 12.0. The predicted molar refractivity (Wildman–Crippen MR) is 93.1 cm³/mol. The molecule has 2 rings (SSSR count). The average Bonchev–Trinajstić information content (AvgIpc) is 3.33. The van der Waals surface area contributed by atoms with Crippen LogP contribution in [-0.4, -0.2) is 17.7 Å². The average molecular weight is 373 g/mol. The van der Waals surface area contributed by atoms with Gasteiger partial charge in [0.1, 0.15) is 0 Å². The van der Waals surface area contributed by atoms with Crippen LogP contribution in [0.15, 0.2) is 12.1 Å². The number of benzene rings is 1. The van der Waals surface area contributed by atoms with Crippen molar-refractivity contribution in [1.29, 1.82) is 0 Å². The summed E-state index contributed by atoms with van der Waals surface area (Å²) in [5, 5.41) is 9.81. The van der Waals surface area contributed by atoms with Crippen LogP contribution in [0.5, 0.6) is 5.75 Å². The zero-order chi connectivity index (χ0) is 19.7. The second-order valence-electron chi connectivity index (χ2n) is 7.53. The van der Waals surface area contributed by atoms with Gasteiger partial charge in [0.15, 0.2) is 5.75 Å². The first kappa shape index (κ1) is 20.4. The van der Waals surface area contributed by atoms with Gasteiger partial charge in [-0.3, -0.25) is 4.79 Å². The van der Waals surface area contributed by atoms with Crippen LogP contribution >= 0.6 is 0 Å². The molecule has 0 bridgehead atoms. The van der Waals surface area contributed by atoms with E-state index in [1.54, 1.807) is 6.92 Å². The van der Waals surface area contributed by atoms with Gasteiger partial charge in [-0.05, 0) is 55.2 Å². The maximum Gasteiger partial charge on any atom is 0.420 e. The quantitative estimate of drug-likeness (QED) is 0.639. The van der Waals surface area contributed by atoms with Crippen molar-refractivity contribution in [3.05, 3.63) is 23.3 Å². The molecule has 0 aliphatic heterocycles. The molecule has 0 aromatic heterocycles. The zero-order valence-corrected chi connectivity index (χ0v) is 15.3. The van der Waals surface area contributed by atoms with E-state index in [2.05, 4.69) is 0 Å². The van der Waals surface area contributed by atoms with Gasteiger partial charge in [0.25, 0.3) is 0 Å². The highest BCUT2D eigenvalue weighted by Crippen LogP contribution is 2.45. The summed E-state index contributed by atoms with van der Waals surface area (Å²) in [6.45, 7) is 5.54. The molecule has 26 heavy (non-hydrogen) atoms. The second kappa shape index (κ2) is 7.37. The molecule has 0 spiro atoms. The monoisotopic (exact) mass is 373 g/mol. The van der Waals surface area contributed by atoms with Crippen molar-refractivity contribution in [1.82, 2.24) is 0 Å². The summed E-state index contributed by atoms with van der Waals surface area (Å²) in [6, 6.07) is 2.23. The molecule has 4 nitrogen and oxygen atoms in total. The van der Waals surface area contributed by atoms with Crippen LogP contribution in [0.25, 0.3) is 0 Å². The van der Waals surface area contributed by atoms with Crippen molar-refractivity contribution in [2.45, 2.75) is 58.0 Å². The van der Waals surface area contributed by atoms with Gasteiger partial charge in [0.2, 0.25) is 0 Å². The topological polar surface area (TPSA) is 72.5 Å². The lowest BCUT2D eigenvalue weighted by Gasteiger charge is -2.32. The Morgan fingerprint density at radius 1 is 1.35 bits per heavy atom. The lowest BCUT2D eigenvalue weighted by molar-refractivity contribution is -0.145. The minimum atomic E-state index is -4.68. The van der Waals surface area contributed by atoms with Crippen LogP contribution in [0.2, 0.25) is 0 Å². The number of aliphatic carboxylic acids is 1. The lowest BCUT2D eigenvalue weighted by Crippen LogP contribution is -2.37. The number of nitrogens with two attached hydrogens (primary N) is 1. The summed E-state index contributed by atoms with van der Waals surface area (Å²) >= 11 is 0. The molecule has 1 aliphatic carbocycles. The van der Waals surface area contributed by atoms with E-state index in [1.165, 1.54) is 6.07 Å². The lowest BCUT2D eigenvalue weighted by atomic mass is 9.72. The van der Waals surface area contributed by atoms with E-state index in [0.29, 0.717) is 0 Å². The Labute approximate surface area is 151 Å². The van der Waals surface area contributed by atoms with Crippen molar-refractivity contribution in [3.63, 3.8) is 0 Å². The third kappa shape index (κ3) is 4.24. The fourth-order valence-corrected chi connectivity index (χ4v) is 3.31. The molecule has 1 unspecified atom stereocenters. The predicted octanol–water partition coefficient (Wildman–Crippen LogP) is 4.85. The highest BCUT2D eigenvalue weighted by atomic mass is 19.4. The van der Waals surface area contributed by atoms with E-state index in [-0.39, 0.29) is 42.5 Å². The van der Waals surface area contributed by atoms with E-state index >= 15 is 0 Å². The molecular weight excluding hydrogens is 347 g/mol. The third-order valence-electron chi connectivity index (χ3n) is 4.91. The number of ether oxygens (including phenoxy) is 1. The largest absolute Gasteiger partial charge is 0.490 e. The van der Waals surface area contributed by atoms with Gasteiger partial charge in [-0.25, -0.2) is 0 Å². The minimum absolute atomic E-state index is 0.00703. The molecule has 0 amide bonds. The Hall–Kier alpha value is -1.92. The highest BCUT2D eigenvalue weighted by Gasteiger charge is 2.43. The number of nitrogen functional groups attached to an aromatic ring is 1. The molecule has 146 valence electrons. The van der Waals surface area contributed by atoms with E-state index in [0.717, 1.165) is 18.9 Å². The number of hydrogen-bond acceptors (Lipinski definition) is 3. The van der Waals surface area contributed by atoms with Crippen molar-refractivity contribution < 1.29 is 27.8 Å². The zero-order valence-electron chi connectivity index (χ0n) is 15.3. The number of carboxylic acid groups (broad SMARTS) is 1. The van der Waals surface area contributed by atoms with Gasteiger partial charge in [-0.15, -0.1) is 0 Å². The molecular formula is C19H26F3NO3. The van der Waals surface area contributed by atoms with Crippen molar-refractivity contribution >= 4 is 11.7 Å². The Kier molecular flexibility index (Phi) is 5.78. The number of anilines is 1. The maximum atomic E-state index is 13.6. The second-order valence-corrected chi connectivity index (χ2v) is 7.53. The van der Waals surface area contributed by atoms with Crippen LogP contribution in [0.1, 0.15) is 57.6 Å². The minimum Gasteiger partial charge on any atom is -0.490 e. The summed E-state index contributed by atoms with van der Waals surface area (Å²) in [6.07, 6.45) is -2.42. The fourth-order valence-electron chi connectivity index (χ4n) is 3.31. The van der Waals surface area contributed by atoms with Gasteiger partial charge in [-0.1, -0.05) is 20.8 Å². The highest BCUT2D eigenvalue weighted by molar-refractivity contribution is 5.82. The van der Waals surface area contributed by atoms with Crippen LogP contribution in [0.3, 0.4) is 0 Å². The summed E-state index contributed by atoms with van der Waals surface area (Å²) in [5.74, 6) is -1.28. The van der Waals surface area contributed by atoms with E-state index in [9.17, 15) is 23.1 Å². The molecule has 0 radical (unpaired) electrons. The summed E-state index contributed by atoms with van der Waals surface area (Å²) < 4.78 is 46.2. The Morgan fingerprint density at radius 3 is 2.38 bits per heavy atom. The van der Waals surface area contributed by atoms with Crippen LogP contribution in [0.4, 0.5) is 18.9 Å². The Bertz CT molecular complexity index is 669. The van der Waals surface area contributed by atoms with Gasteiger partial charge < -0.3 is 15.6 Å². The first-order valence-electron chi connectivity index (χ1n) is 8.88. The van der Waals surface area contributed by atoms with Gasteiger partial charge in [0.05, 0.1) is 23.3 Å². The molecule has 1 aromatic carbocycles. The SMILES string of the molecule is CCC(CC(C)C)(C(=O)O)c1cc(N)c(OCC2CC2)c(C(F)(F)F)c1. The molecule has 1 aliphatic rings. The number of hydrogen-bond donors (Lipinski definition) is 2. The molecule has 0 heterocycles. The van der Waals surface area contributed by atoms with E-state index in [4.69, 9.17) is 10.5 Å². The van der Waals surface area contributed by atoms with Gasteiger partial charge in [-0.2, -0.15) is 13.2 Å². The number of halogens is 3. The first-order valence-corrected chi connectivity index (χ1v) is 8.88. The van der Waals surface area contributed by atoms with Crippen LogP contribution in [0, 0.1) is 11.8 Å². The van der Waals surface area contributed by atoms with Gasteiger partial charge in [0, 0.05) is 0 Å². The summed E-state index contributed by atoms with van der Waals surface area (Å²) in [7, 11) is 0. The first-order chi connectivity index (χ1) is 12.0. The molecule has 1 saturated carbocycles. The molecule has 3 N–H and O–H groups in total. The number of rotatable bonds is 8. The fraction of sp³-hybridized carbons (Fsp3) is 0.632. The normalized spacial score (nSPS) is 17.2. The molecule has 1 aromatic rings. The van der Waals surface area contributed by atoms with Crippen LogP contribution in [-0.2, 0) is 16.4 Å². The Morgan fingerprint density at radius 2 is 1.96 bits per heavy atom. The van der Waals surface area contributed by atoms with Crippen molar-refractivity contribution in [2.24, 2.45) is 11.8 Å². The number of carbonyl (C=O) groups is 1. The van der Waals surface area contributed by atoms with E-state index in [1.807, 2.05) is 13.8 Å². The standard InChI is InChI=1S/C19H26F3NO3/c1-4-18(17(24)25,9-11(2)3)13-7-14(19(20,21)22)16(15(23)8-13)26-10-12-5-6-12/h7-8,11-12H,4-6,9-10,23H2,1-3H3,(H,24,25). The number of alkyl halides is 3. The molecule has 7 heteroatoms. The third-order valence-corrected chi connectivity index (χ3v) is 4.91. The molecule has 1 fully saturated rings. The van der Waals surface area contributed by atoms with Crippen LogP contribution < -0.4 is 10.5 Å².